The molecular weight excluding hydrogens is 410 g/mol. The van der Waals surface area contributed by atoms with Crippen LogP contribution in [0.3, 0.4) is 0 Å². The van der Waals surface area contributed by atoms with Crippen molar-refractivity contribution in [3.05, 3.63) is 65.7 Å². The van der Waals surface area contributed by atoms with E-state index in [0.29, 0.717) is 0 Å². The number of rotatable bonds is 5. The molecule has 1 spiro atoms. The van der Waals surface area contributed by atoms with Crippen LogP contribution in [0.25, 0.3) is 0 Å². The van der Waals surface area contributed by atoms with Crippen LogP contribution >= 0.6 is 0 Å². The van der Waals surface area contributed by atoms with E-state index in [2.05, 4.69) is 45.9 Å². The van der Waals surface area contributed by atoms with Gasteiger partial charge in [0.25, 0.3) is 5.91 Å². The van der Waals surface area contributed by atoms with Crippen molar-refractivity contribution >= 4 is 17.5 Å². The Morgan fingerprint density at radius 1 is 0.939 bits per heavy atom. The molecule has 0 radical (unpaired) electrons. The fourth-order valence-corrected chi connectivity index (χ4v) is 6.29. The first-order valence-electron chi connectivity index (χ1n) is 12.7. The van der Waals surface area contributed by atoms with Gasteiger partial charge in [0.1, 0.15) is 0 Å². The smallest absolute Gasteiger partial charge is 0.254 e. The molecule has 1 saturated heterocycles. The van der Waals surface area contributed by atoms with Crippen LogP contribution in [0.5, 0.6) is 0 Å². The fourth-order valence-electron chi connectivity index (χ4n) is 6.29. The van der Waals surface area contributed by atoms with Gasteiger partial charge in [0.05, 0.1) is 11.5 Å². The summed E-state index contributed by atoms with van der Waals surface area (Å²) >= 11 is 0. The Morgan fingerprint density at radius 3 is 2.30 bits per heavy atom. The number of fused-ring (bicyclic) bond motifs is 1. The van der Waals surface area contributed by atoms with Crippen molar-refractivity contribution in [1.29, 1.82) is 0 Å². The minimum Gasteiger partial charge on any atom is -0.368 e. The van der Waals surface area contributed by atoms with Gasteiger partial charge in [-0.15, -0.1) is 0 Å². The molecule has 0 bridgehead atoms. The molecule has 2 aromatic rings. The average Bonchev–Trinajstić information content (AvgIpc) is 3.34. The molecule has 2 heterocycles. The Balaban J connectivity index is 1.45. The number of piperazine rings is 1. The number of nitrogens with zero attached hydrogens (tertiary/aromatic N) is 3. The van der Waals surface area contributed by atoms with E-state index in [0.717, 1.165) is 82.4 Å². The monoisotopic (exact) mass is 445 g/mol. The Bertz CT molecular complexity index is 991. The molecular formula is C28H35N3O2. The van der Waals surface area contributed by atoms with E-state index in [1.54, 1.807) is 0 Å². The Hall–Kier alpha value is -2.82. The molecule has 33 heavy (non-hydrogen) atoms. The minimum atomic E-state index is -0.367. The summed E-state index contributed by atoms with van der Waals surface area (Å²) in [6.07, 6.45) is 6.05. The number of amides is 2. The lowest BCUT2D eigenvalue weighted by atomic mass is 9.70. The SMILES string of the molecule is CCCCN1C(=O)c2ccccc2[C@H](C(=O)N2CCN(c3ccccc3)CC2)C12CCCC2. The molecule has 5 heteroatoms. The molecule has 5 nitrogen and oxygen atoms in total. The third-order valence-corrected chi connectivity index (χ3v) is 7.99. The third-order valence-electron chi connectivity index (χ3n) is 7.99. The Labute approximate surface area is 197 Å². The van der Waals surface area contributed by atoms with Gasteiger partial charge in [0, 0.05) is 44.0 Å². The van der Waals surface area contributed by atoms with E-state index in [-0.39, 0.29) is 23.3 Å². The highest BCUT2D eigenvalue weighted by atomic mass is 16.2. The van der Waals surface area contributed by atoms with Crippen LogP contribution in [0.1, 0.15) is 67.3 Å². The summed E-state index contributed by atoms with van der Waals surface area (Å²) in [6, 6.07) is 18.3. The highest BCUT2D eigenvalue weighted by Gasteiger charge is 2.56. The van der Waals surface area contributed by atoms with Crippen LogP contribution in [0.4, 0.5) is 5.69 Å². The molecule has 0 aromatic heterocycles. The van der Waals surface area contributed by atoms with Crippen molar-refractivity contribution in [2.24, 2.45) is 0 Å². The molecule has 1 atom stereocenters. The zero-order valence-electron chi connectivity index (χ0n) is 19.7. The van der Waals surface area contributed by atoms with E-state index >= 15 is 0 Å². The van der Waals surface area contributed by atoms with Crippen molar-refractivity contribution in [3.8, 4) is 0 Å². The average molecular weight is 446 g/mol. The normalized spacial score (nSPS) is 22.0. The zero-order chi connectivity index (χ0) is 22.8. The van der Waals surface area contributed by atoms with Crippen molar-refractivity contribution in [1.82, 2.24) is 9.80 Å². The maximum Gasteiger partial charge on any atom is 0.254 e. The molecule has 1 aliphatic carbocycles. The van der Waals surface area contributed by atoms with E-state index < -0.39 is 0 Å². The van der Waals surface area contributed by atoms with Crippen LogP contribution in [-0.4, -0.2) is 59.9 Å². The van der Waals surface area contributed by atoms with E-state index in [1.807, 2.05) is 30.3 Å². The number of anilines is 1. The van der Waals surface area contributed by atoms with Gasteiger partial charge < -0.3 is 14.7 Å². The number of benzene rings is 2. The van der Waals surface area contributed by atoms with Crippen LogP contribution in [0.15, 0.2) is 54.6 Å². The van der Waals surface area contributed by atoms with E-state index in [1.165, 1.54) is 5.69 Å². The predicted octanol–water partition coefficient (Wildman–Crippen LogP) is 4.69. The minimum absolute atomic E-state index is 0.124. The second-order valence-corrected chi connectivity index (χ2v) is 9.79. The Morgan fingerprint density at radius 2 is 1.61 bits per heavy atom. The summed E-state index contributed by atoms with van der Waals surface area (Å²) in [5.74, 6) is 0.0824. The predicted molar refractivity (Wildman–Crippen MR) is 132 cm³/mol. The number of hydrogen-bond donors (Lipinski definition) is 0. The van der Waals surface area contributed by atoms with Gasteiger partial charge in [0.15, 0.2) is 0 Å². The second-order valence-electron chi connectivity index (χ2n) is 9.79. The maximum absolute atomic E-state index is 14.2. The van der Waals surface area contributed by atoms with Gasteiger partial charge >= 0.3 is 0 Å². The number of unbranched alkanes of at least 4 members (excludes halogenated alkanes) is 1. The fraction of sp³-hybridized carbons (Fsp3) is 0.500. The first kappa shape index (κ1) is 22.0. The molecule has 2 amide bonds. The highest BCUT2D eigenvalue weighted by Crippen LogP contribution is 2.51. The largest absolute Gasteiger partial charge is 0.368 e. The van der Waals surface area contributed by atoms with Gasteiger partial charge in [-0.1, -0.05) is 62.6 Å². The summed E-state index contributed by atoms with van der Waals surface area (Å²) in [6.45, 7) is 6.05. The van der Waals surface area contributed by atoms with Crippen LogP contribution in [0, 0.1) is 0 Å². The first-order valence-corrected chi connectivity index (χ1v) is 12.7. The van der Waals surface area contributed by atoms with Crippen molar-refractivity contribution in [2.45, 2.75) is 56.9 Å². The Kier molecular flexibility index (Phi) is 6.13. The number of para-hydroxylation sites is 1. The summed E-state index contributed by atoms with van der Waals surface area (Å²) in [5, 5.41) is 0. The number of hydrogen-bond acceptors (Lipinski definition) is 3. The van der Waals surface area contributed by atoms with Gasteiger partial charge in [-0.3, -0.25) is 9.59 Å². The molecule has 2 aliphatic heterocycles. The lowest BCUT2D eigenvalue weighted by Crippen LogP contribution is -2.62. The maximum atomic E-state index is 14.2. The summed E-state index contributed by atoms with van der Waals surface area (Å²) in [4.78, 5) is 34.4. The lowest BCUT2D eigenvalue weighted by Gasteiger charge is -2.51. The number of carbonyl (C=O) groups excluding carboxylic acids is 2. The molecule has 5 rings (SSSR count). The van der Waals surface area contributed by atoms with E-state index in [9.17, 15) is 9.59 Å². The summed E-state index contributed by atoms with van der Waals surface area (Å²) < 4.78 is 0. The molecule has 0 N–H and O–H groups in total. The highest BCUT2D eigenvalue weighted by molar-refractivity contribution is 6.02. The van der Waals surface area contributed by atoms with Gasteiger partial charge in [0.2, 0.25) is 5.91 Å². The molecule has 2 aromatic carbocycles. The van der Waals surface area contributed by atoms with E-state index in [4.69, 9.17) is 0 Å². The molecule has 2 fully saturated rings. The zero-order valence-corrected chi connectivity index (χ0v) is 19.7. The molecule has 1 saturated carbocycles. The van der Waals surface area contributed by atoms with Gasteiger partial charge in [-0.25, -0.2) is 0 Å². The van der Waals surface area contributed by atoms with Crippen LogP contribution in [-0.2, 0) is 4.79 Å². The van der Waals surface area contributed by atoms with Gasteiger partial charge in [-0.2, -0.15) is 0 Å². The molecule has 3 aliphatic rings. The quantitative estimate of drug-likeness (QED) is 0.671. The molecule has 0 unspecified atom stereocenters. The lowest BCUT2D eigenvalue weighted by molar-refractivity contribution is -0.137. The van der Waals surface area contributed by atoms with Crippen LogP contribution in [0.2, 0.25) is 0 Å². The van der Waals surface area contributed by atoms with Crippen molar-refractivity contribution in [2.75, 3.05) is 37.6 Å². The van der Waals surface area contributed by atoms with Gasteiger partial charge in [-0.05, 0) is 43.0 Å². The third kappa shape index (κ3) is 3.81. The van der Waals surface area contributed by atoms with Crippen molar-refractivity contribution in [3.63, 3.8) is 0 Å². The molecule has 174 valence electrons. The second kappa shape index (κ2) is 9.20. The summed E-state index contributed by atoms with van der Waals surface area (Å²) in [5.41, 5.74) is 2.53. The van der Waals surface area contributed by atoms with Crippen molar-refractivity contribution < 1.29 is 9.59 Å². The topological polar surface area (TPSA) is 43.9 Å². The number of carbonyl (C=O) groups is 2. The first-order chi connectivity index (χ1) is 16.2. The standard InChI is InChI=1S/C28H35N3O2/c1-2-3-17-31-26(32)24-14-8-7-13-23(24)25(28(31)15-9-10-16-28)27(33)30-20-18-29(19-21-30)22-11-5-4-6-12-22/h4-8,11-14,25H,2-3,9-10,15-21H2,1H3/t25-/m1/s1. The summed E-state index contributed by atoms with van der Waals surface area (Å²) in [7, 11) is 0. The van der Waals surface area contributed by atoms with Crippen LogP contribution < -0.4 is 4.90 Å².